The lowest BCUT2D eigenvalue weighted by Gasteiger charge is -2.63. The summed E-state index contributed by atoms with van der Waals surface area (Å²) in [4.78, 5) is 23.3. The number of cyclic esters (lactones) is 1. The first-order chi connectivity index (χ1) is 15.1. The van der Waals surface area contributed by atoms with E-state index >= 15 is 0 Å². The summed E-state index contributed by atoms with van der Waals surface area (Å²) in [7, 11) is 0. The van der Waals surface area contributed by atoms with Gasteiger partial charge in [-0.25, -0.2) is 4.79 Å². The number of hydrogen-bond donors (Lipinski definition) is 2. The van der Waals surface area contributed by atoms with Gasteiger partial charge < -0.3 is 24.4 Å². The summed E-state index contributed by atoms with van der Waals surface area (Å²) in [5.74, 6) is 0.108. The smallest absolute Gasteiger partial charge is 0.331 e. The monoisotopic (exact) mass is 446 g/mol. The van der Waals surface area contributed by atoms with E-state index in [1.54, 1.807) is 6.08 Å². The summed E-state index contributed by atoms with van der Waals surface area (Å²) >= 11 is 0. The van der Waals surface area contributed by atoms with Crippen molar-refractivity contribution in [3.05, 3.63) is 11.6 Å². The molecular formula is C25H34O7. The fourth-order valence-corrected chi connectivity index (χ4v) is 9.50. The zero-order chi connectivity index (χ0) is 22.5. The Hall–Kier alpha value is -1.44. The molecule has 9 atom stereocenters. The van der Waals surface area contributed by atoms with Gasteiger partial charge in [-0.2, -0.15) is 0 Å². The number of aliphatic hydroxyl groups excluding tert-OH is 1. The maximum atomic E-state index is 11.9. The van der Waals surface area contributed by atoms with E-state index in [0.717, 1.165) is 31.3 Å². The van der Waals surface area contributed by atoms with E-state index in [1.807, 2.05) is 0 Å². The lowest BCUT2D eigenvalue weighted by molar-refractivity contribution is -0.234. The molecule has 0 aromatic carbocycles. The van der Waals surface area contributed by atoms with Gasteiger partial charge in [-0.15, -0.1) is 0 Å². The highest BCUT2D eigenvalue weighted by atomic mass is 16.6. The topological polar surface area (TPSA) is 102 Å². The van der Waals surface area contributed by atoms with Crippen molar-refractivity contribution >= 4 is 11.9 Å². The van der Waals surface area contributed by atoms with Crippen molar-refractivity contribution < 1.29 is 34.0 Å². The quantitative estimate of drug-likeness (QED) is 0.629. The van der Waals surface area contributed by atoms with Crippen LogP contribution in [0.25, 0.3) is 0 Å². The number of aliphatic hydroxyl groups is 2. The van der Waals surface area contributed by atoms with Gasteiger partial charge in [-0.1, -0.05) is 6.92 Å². The van der Waals surface area contributed by atoms with Crippen molar-refractivity contribution in [2.75, 3.05) is 6.61 Å². The Morgan fingerprint density at radius 1 is 1.12 bits per heavy atom. The lowest BCUT2D eigenvalue weighted by Crippen LogP contribution is -2.67. The van der Waals surface area contributed by atoms with Crippen molar-refractivity contribution in [3.8, 4) is 0 Å². The summed E-state index contributed by atoms with van der Waals surface area (Å²) in [5, 5.41) is 23.3. The van der Waals surface area contributed by atoms with Crippen molar-refractivity contribution in [1.29, 1.82) is 0 Å². The Bertz CT molecular complexity index is 899. The Morgan fingerprint density at radius 3 is 2.66 bits per heavy atom. The fourth-order valence-electron chi connectivity index (χ4n) is 9.50. The van der Waals surface area contributed by atoms with Gasteiger partial charge in [0.1, 0.15) is 12.7 Å². The van der Waals surface area contributed by atoms with E-state index in [4.69, 9.17) is 14.2 Å². The average molecular weight is 447 g/mol. The SMILES string of the molecule is CC(=O)O[C@H]1CC[C@]23[C@H](O)O[C@]4(CC[C@@]2(O)C1)[C@H]3CC[C@]1(C)[C@H](C2=CC(=O)OC2)CC[C@@H]14. The molecule has 0 amide bonds. The minimum atomic E-state index is -1.09. The number of ether oxygens (including phenoxy) is 3. The molecule has 5 fully saturated rings. The van der Waals surface area contributed by atoms with Crippen LogP contribution in [0, 0.1) is 28.6 Å². The first-order valence-electron chi connectivity index (χ1n) is 12.3. The molecule has 2 aliphatic heterocycles. The molecule has 2 bridgehead atoms. The zero-order valence-corrected chi connectivity index (χ0v) is 19.0. The first-order valence-corrected chi connectivity index (χ1v) is 12.3. The second-order valence-corrected chi connectivity index (χ2v) is 11.6. The van der Waals surface area contributed by atoms with E-state index in [-0.39, 0.29) is 35.3 Å². The van der Waals surface area contributed by atoms with Gasteiger partial charge in [0, 0.05) is 25.3 Å². The number of fused-ring (bicyclic) bond motifs is 1. The molecule has 4 saturated carbocycles. The van der Waals surface area contributed by atoms with Crippen LogP contribution in [0.3, 0.4) is 0 Å². The highest BCUT2D eigenvalue weighted by Gasteiger charge is 2.79. The number of carbonyl (C=O) groups is 2. The Labute approximate surface area is 188 Å². The van der Waals surface area contributed by atoms with Crippen molar-refractivity contribution in [3.63, 3.8) is 0 Å². The third-order valence-corrected chi connectivity index (χ3v) is 10.6. The molecule has 1 spiro atoms. The lowest BCUT2D eigenvalue weighted by atomic mass is 9.42. The molecule has 32 heavy (non-hydrogen) atoms. The average Bonchev–Trinajstić information content (AvgIpc) is 3.34. The molecule has 0 radical (unpaired) electrons. The van der Waals surface area contributed by atoms with Crippen LogP contribution in [0.4, 0.5) is 0 Å². The molecule has 2 N–H and O–H groups in total. The maximum absolute atomic E-state index is 11.9. The van der Waals surface area contributed by atoms with Crippen LogP contribution in [-0.4, -0.2) is 52.4 Å². The first kappa shape index (κ1) is 21.1. The normalized spacial score (nSPS) is 53.7. The summed E-state index contributed by atoms with van der Waals surface area (Å²) in [6, 6.07) is 0. The van der Waals surface area contributed by atoms with E-state index in [1.165, 1.54) is 6.92 Å². The Kier molecular flexibility index (Phi) is 4.34. The summed E-state index contributed by atoms with van der Waals surface area (Å²) in [6.07, 6.45) is 7.15. The molecule has 4 aliphatic carbocycles. The molecule has 0 unspecified atom stereocenters. The van der Waals surface area contributed by atoms with E-state index in [9.17, 15) is 19.8 Å². The molecular weight excluding hydrogens is 412 g/mol. The van der Waals surface area contributed by atoms with Crippen LogP contribution in [0.15, 0.2) is 11.6 Å². The number of rotatable bonds is 2. The van der Waals surface area contributed by atoms with E-state index < -0.39 is 22.9 Å². The summed E-state index contributed by atoms with van der Waals surface area (Å²) in [5.41, 5.74) is -1.13. The van der Waals surface area contributed by atoms with Gasteiger partial charge in [-0.3, -0.25) is 4.79 Å². The van der Waals surface area contributed by atoms with Gasteiger partial charge in [-0.05, 0) is 74.2 Å². The fraction of sp³-hybridized carbons (Fsp3) is 0.840. The van der Waals surface area contributed by atoms with Crippen LogP contribution in [0.2, 0.25) is 0 Å². The molecule has 7 nitrogen and oxygen atoms in total. The number of hydrogen-bond acceptors (Lipinski definition) is 7. The zero-order valence-electron chi connectivity index (χ0n) is 19.0. The Morgan fingerprint density at radius 2 is 1.94 bits per heavy atom. The number of carbonyl (C=O) groups excluding carboxylic acids is 2. The molecule has 1 saturated heterocycles. The highest BCUT2D eigenvalue weighted by molar-refractivity contribution is 5.85. The third-order valence-electron chi connectivity index (χ3n) is 10.6. The molecule has 2 heterocycles. The number of esters is 2. The molecule has 6 rings (SSSR count). The predicted molar refractivity (Wildman–Crippen MR) is 112 cm³/mol. The minimum absolute atomic E-state index is 0.00797. The van der Waals surface area contributed by atoms with Crippen LogP contribution in [0.1, 0.15) is 71.6 Å². The summed E-state index contributed by atoms with van der Waals surface area (Å²) < 4.78 is 17.3. The predicted octanol–water partition coefficient (Wildman–Crippen LogP) is 2.63. The second-order valence-electron chi connectivity index (χ2n) is 11.6. The third kappa shape index (κ3) is 2.43. The largest absolute Gasteiger partial charge is 0.462 e. The molecule has 0 aromatic rings. The Balaban J connectivity index is 1.35. The molecule has 0 aromatic heterocycles. The van der Waals surface area contributed by atoms with Gasteiger partial charge in [0.25, 0.3) is 0 Å². The van der Waals surface area contributed by atoms with Crippen LogP contribution in [-0.2, 0) is 23.8 Å². The molecule has 6 aliphatic rings. The van der Waals surface area contributed by atoms with Crippen LogP contribution < -0.4 is 0 Å². The minimum Gasteiger partial charge on any atom is -0.462 e. The van der Waals surface area contributed by atoms with Crippen LogP contribution in [0.5, 0.6) is 0 Å². The standard InChI is InChI=1S/C25H34O7/c1-14(26)31-16-5-8-24-19-6-7-22(2)17(15-11-20(27)30-13-15)3-4-18(22)25(19,32-21(24)28)10-9-23(24,29)12-16/h11,16-19,21,28-29H,3-10,12-13H2,1-2H3/t16-,17-,18-,19-,21+,22+,23+,24-,25-/m0/s1. The maximum Gasteiger partial charge on any atom is 0.331 e. The highest BCUT2D eigenvalue weighted by Crippen LogP contribution is 2.76. The van der Waals surface area contributed by atoms with Crippen molar-refractivity contribution in [1.82, 2.24) is 0 Å². The van der Waals surface area contributed by atoms with Crippen molar-refractivity contribution in [2.45, 2.75) is 95.2 Å². The van der Waals surface area contributed by atoms with Crippen LogP contribution >= 0.6 is 0 Å². The van der Waals surface area contributed by atoms with E-state index in [2.05, 4.69) is 6.92 Å². The van der Waals surface area contributed by atoms with Crippen molar-refractivity contribution in [2.24, 2.45) is 28.6 Å². The molecule has 176 valence electrons. The molecule has 7 heteroatoms. The van der Waals surface area contributed by atoms with Gasteiger partial charge in [0.05, 0.1) is 16.6 Å². The van der Waals surface area contributed by atoms with Gasteiger partial charge in [0.2, 0.25) is 0 Å². The summed E-state index contributed by atoms with van der Waals surface area (Å²) in [6.45, 7) is 4.14. The second kappa shape index (κ2) is 6.57. The van der Waals surface area contributed by atoms with E-state index in [0.29, 0.717) is 44.6 Å². The van der Waals surface area contributed by atoms with Gasteiger partial charge >= 0.3 is 11.9 Å². The van der Waals surface area contributed by atoms with Gasteiger partial charge in [0.15, 0.2) is 6.29 Å².